The molecule has 0 saturated carbocycles. The smallest absolute Gasteiger partial charge is 0.219 e. The van der Waals surface area contributed by atoms with Gasteiger partial charge in [0.05, 0.1) is 11.9 Å². The van der Waals surface area contributed by atoms with Crippen molar-refractivity contribution in [1.82, 2.24) is 4.98 Å². The van der Waals surface area contributed by atoms with Crippen molar-refractivity contribution in [1.29, 1.82) is 0 Å². The third-order valence-corrected chi connectivity index (χ3v) is 3.41. The highest BCUT2D eigenvalue weighted by atomic mass is 32.2. The van der Waals surface area contributed by atoms with E-state index in [1.54, 1.807) is 6.07 Å². The minimum atomic E-state index is -3.59. The zero-order valence-corrected chi connectivity index (χ0v) is 10.8. The van der Waals surface area contributed by atoms with Gasteiger partial charge < -0.3 is 10.5 Å². The molecule has 5 nitrogen and oxygen atoms in total. The molecule has 0 unspecified atom stereocenters. The molecule has 0 atom stereocenters. The van der Waals surface area contributed by atoms with Crippen LogP contribution < -0.4 is 10.5 Å². The second-order valence-electron chi connectivity index (χ2n) is 3.90. The number of nitrogen functional groups attached to an aromatic ring is 1. The Morgan fingerprint density at radius 3 is 2.53 bits per heavy atom. The molecule has 0 amide bonds. The largest absolute Gasteiger partial charge is 0.439 e. The lowest BCUT2D eigenvalue weighted by molar-refractivity contribution is 0.456. The molecule has 7 heteroatoms. The van der Waals surface area contributed by atoms with Gasteiger partial charge in [-0.25, -0.2) is 17.8 Å². The fourth-order valence-electron chi connectivity index (χ4n) is 1.42. The number of sulfone groups is 1. The molecule has 19 heavy (non-hydrogen) atoms. The molecule has 2 aromatic rings. The van der Waals surface area contributed by atoms with Crippen LogP contribution in [0.3, 0.4) is 0 Å². The summed E-state index contributed by atoms with van der Waals surface area (Å²) in [4.78, 5) is 3.52. The zero-order valence-electron chi connectivity index (χ0n) is 10.00. The molecular weight excluding hydrogens is 271 g/mol. The number of pyridine rings is 1. The van der Waals surface area contributed by atoms with E-state index < -0.39 is 15.7 Å². The Bertz CT molecular complexity index is 699. The van der Waals surface area contributed by atoms with Crippen molar-refractivity contribution in [2.24, 2.45) is 0 Å². The van der Waals surface area contributed by atoms with Gasteiger partial charge in [-0.1, -0.05) is 0 Å². The van der Waals surface area contributed by atoms with Gasteiger partial charge in [-0.15, -0.1) is 0 Å². The van der Waals surface area contributed by atoms with Gasteiger partial charge in [0.2, 0.25) is 5.88 Å². The van der Waals surface area contributed by atoms with Crippen LogP contribution in [0.4, 0.5) is 10.1 Å². The lowest BCUT2D eigenvalue weighted by atomic mass is 10.3. The van der Waals surface area contributed by atoms with E-state index >= 15 is 0 Å². The van der Waals surface area contributed by atoms with Gasteiger partial charge in [0.1, 0.15) is 16.5 Å². The minimum Gasteiger partial charge on any atom is -0.439 e. The van der Waals surface area contributed by atoms with Gasteiger partial charge in [0.25, 0.3) is 0 Å². The highest BCUT2D eigenvalue weighted by Gasteiger charge is 2.14. The highest BCUT2D eigenvalue weighted by Crippen LogP contribution is 2.24. The van der Waals surface area contributed by atoms with Crippen LogP contribution >= 0.6 is 0 Å². The van der Waals surface area contributed by atoms with Gasteiger partial charge in [0, 0.05) is 18.4 Å². The monoisotopic (exact) mass is 282 g/mol. The van der Waals surface area contributed by atoms with Crippen LogP contribution in [0.2, 0.25) is 0 Å². The van der Waals surface area contributed by atoms with Gasteiger partial charge >= 0.3 is 0 Å². The number of rotatable bonds is 3. The van der Waals surface area contributed by atoms with Crippen molar-refractivity contribution in [2.45, 2.75) is 4.90 Å². The molecule has 2 N–H and O–H groups in total. The first-order valence-electron chi connectivity index (χ1n) is 5.25. The third-order valence-electron chi connectivity index (χ3n) is 2.28. The molecule has 0 saturated heterocycles. The average Bonchev–Trinajstić information content (AvgIpc) is 2.30. The number of hydrogen-bond acceptors (Lipinski definition) is 5. The predicted octanol–water partition coefficient (Wildman–Crippen LogP) is 2.00. The molecule has 1 aromatic carbocycles. The van der Waals surface area contributed by atoms with E-state index in [0.29, 0.717) is 5.69 Å². The number of nitrogens with two attached hydrogens (primary N) is 1. The van der Waals surface area contributed by atoms with Gasteiger partial charge in [-0.2, -0.15) is 0 Å². The summed E-state index contributed by atoms with van der Waals surface area (Å²) in [7, 11) is -3.59. The molecule has 0 spiro atoms. The summed E-state index contributed by atoms with van der Waals surface area (Å²) in [6.45, 7) is 0. The number of halogens is 1. The summed E-state index contributed by atoms with van der Waals surface area (Å²) in [5.74, 6) is -0.474. The molecule has 0 aliphatic heterocycles. The van der Waals surface area contributed by atoms with Crippen LogP contribution in [0.1, 0.15) is 0 Å². The van der Waals surface area contributed by atoms with E-state index in [-0.39, 0.29) is 16.5 Å². The lowest BCUT2D eigenvalue weighted by Crippen LogP contribution is -2.01. The summed E-state index contributed by atoms with van der Waals surface area (Å²) in [5, 5.41) is 0. The number of hydrogen-bond donors (Lipinski definition) is 1. The summed E-state index contributed by atoms with van der Waals surface area (Å²) < 4.78 is 41.4. The van der Waals surface area contributed by atoms with Crippen molar-refractivity contribution < 1.29 is 17.5 Å². The van der Waals surface area contributed by atoms with Gasteiger partial charge in [-0.3, -0.25) is 0 Å². The number of ether oxygens (including phenoxy) is 1. The number of nitrogens with zero attached hydrogens (tertiary/aromatic N) is 1. The van der Waals surface area contributed by atoms with Crippen LogP contribution in [-0.2, 0) is 9.84 Å². The Hall–Kier alpha value is -2.15. The summed E-state index contributed by atoms with van der Waals surface area (Å²) in [6.07, 6.45) is 2.34. The molecular formula is C12H11FN2O3S. The third kappa shape index (κ3) is 3.19. The lowest BCUT2D eigenvalue weighted by Gasteiger charge is -2.06. The van der Waals surface area contributed by atoms with E-state index in [2.05, 4.69) is 4.98 Å². The van der Waals surface area contributed by atoms with E-state index in [0.717, 1.165) is 18.4 Å². The fourth-order valence-corrected chi connectivity index (χ4v) is 2.15. The first-order valence-corrected chi connectivity index (χ1v) is 7.14. The van der Waals surface area contributed by atoms with Crippen LogP contribution in [0, 0.1) is 5.82 Å². The van der Waals surface area contributed by atoms with Crippen LogP contribution in [-0.4, -0.2) is 19.7 Å². The molecule has 1 aromatic heterocycles. The summed E-state index contributed by atoms with van der Waals surface area (Å²) in [6, 6.07) is 6.62. The van der Waals surface area contributed by atoms with Crippen molar-refractivity contribution in [3.05, 3.63) is 42.3 Å². The summed E-state index contributed by atoms with van der Waals surface area (Å²) in [5.41, 5.74) is 5.94. The van der Waals surface area contributed by atoms with Crippen LogP contribution in [0.25, 0.3) is 0 Å². The van der Waals surface area contributed by atoms with Crippen LogP contribution in [0.5, 0.6) is 11.6 Å². The molecule has 2 rings (SSSR count). The number of aromatic nitrogens is 1. The SMILES string of the molecule is CS(=O)(=O)c1ccc(Oc2ccc(N)cn2)cc1F. The topological polar surface area (TPSA) is 82.3 Å². The maximum Gasteiger partial charge on any atom is 0.219 e. The molecule has 0 fully saturated rings. The Balaban J connectivity index is 2.28. The van der Waals surface area contributed by atoms with Crippen molar-refractivity contribution in [3.63, 3.8) is 0 Å². The normalized spacial score (nSPS) is 11.3. The zero-order chi connectivity index (χ0) is 14.0. The molecule has 0 aliphatic rings. The Morgan fingerprint density at radius 1 is 1.26 bits per heavy atom. The van der Waals surface area contributed by atoms with E-state index in [1.807, 2.05) is 0 Å². The first-order chi connectivity index (χ1) is 8.86. The van der Waals surface area contributed by atoms with E-state index in [4.69, 9.17) is 10.5 Å². The quantitative estimate of drug-likeness (QED) is 0.931. The second kappa shape index (κ2) is 4.85. The minimum absolute atomic E-state index is 0.155. The number of benzene rings is 1. The molecule has 0 radical (unpaired) electrons. The molecule has 100 valence electrons. The standard InChI is InChI=1S/C12H11FN2O3S/c1-19(16,17)11-4-3-9(6-10(11)13)18-12-5-2-8(14)7-15-12/h2-7H,14H2,1H3. The average molecular weight is 282 g/mol. The molecule has 0 aliphatic carbocycles. The summed E-state index contributed by atoms with van der Waals surface area (Å²) >= 11 is 0. The van der Waals surface area contributed by atoms with Gasteiger partial charge in [-0.05, 0) is 18.2 Å². The Morgan fingerprint density at radius 2 is 2.00 bits per heavy atom. The van der Waals surface area contributed by atoms with Gasteiger partial charge in [0.15, 0.2) is 9.84 Å². The van der Waals surface area contributed by atoms with E-state index in [9.17, 15) is 12.8 Å². The molecule has 0 bridgehead atoms. The predicted molar refractivity (Wildman–Crippen MR) is 68.2 cm³/mol. The van der Waals surface area contributed by atoms with Crippen LogP contribution in [0.15, 0.2) is 41.4 Å². The molecule has 1 heterocycles. The maximum absolute atomic E-state index is 13.6. The van der Waals surface area contributed by atoms with Crippen molar-refractivity contribution in [2.75, 3.05) is 12.0 Å². The second-order valence-corrected chi connectivity index (χ2v) is 5.88. The van der Waals surface area contributed by atoms with Crippen molar-refractivity contribution in [3.8, 4) is 11.6 Å². The van der Waals surface area contributed by atoms with Crippen molar-refractivity contribution >= 4 is 15.5 Å². The maximum atomic E-state index is 13.6. The van der Waals surface area contributed by atoms with E-state index in [1.165, 1.54) is 18.3 Å². The number of anilines is 1. The Kier molecular flexibility index (Phi) is 3.39. The Labute approximate surface area is 109 Å². The first kappa shape index (κ1) is 13.3. The fraction of sp³-hybridized carbons (Fsp3) is 0.0833. The highest BCUT2D eigenvalue weighted by molar-refractivity contribution is 7.90.